The second-order valence-electron chi connectivity index (χ2n) is 26.5. The van der Waals surface area contributed by atoms with Gasteiger partial charge in [-0.1, -0.05) is 198 Å². The summed E-state index contributed by atoms with van der Waals surface area (Å²) < 4.78 is 196. The Labute approximate surface area is 573 Å². The van der Waals surface area contributed by atoms with E-state index in [0.29, 0.717) is 72.3 Å². The molecule has 22 heteroatoms. The van der Waals surface area contributed by atoms with Crippen LogP contribution in [0.4, 0.5) is 64.1 Å². The Morgan fingerprint density at radius 1 is 0.350 bits per heavy atom. The third kappa shape index (κ3) is 16.1. The molecule has 6 aromatic carbocycles. The molecule has 100 heavy (non-hydrogen) atoms. The normalized spacial score (nSPS) is 15.9. The molecule has 1 aliphatic carbocycles. The van der Waals surface area contributed by atoms with Crippen LogP contribution in [0.25, 0.3) is 0 Å². The number of Topliss-reactive ketones (excluding diaryl/α,β-unsaturated/α-hetero) is 2. The minimum atomic E-state index is -6.20. The molecule has 0 aromatic heterocycles. The van der Waals surface area contributed by atoms with Gasteiger partial charge in [-0.05, 0) is 132 Å². The predicted octanol–water partition coefficient (Wildman–Crippen LogP) is 22.2. The monoisotopic (exact) mass is 1400 g/mol. The van der Waals surface area contributed by atoms with Crippen LogP contribution >= 0.6 is 0 Å². The van der Waals surface area contributed by atoms with Gasteiger partial charge in [0, 0.05) is 23.3 Å². The SMILES string of the molecule is CCCCCCCCC(C)C(C)CCCCCCCCCCCCCCCC1C(=O)c2ccc(C(c3ccc4c(c3)C(=O)N(c3ccc(Oc5ccc(C(c6ccc(Oc7ccc(N8C(=O)C=CC8=O)cc7)cc6)(C(F)(F)F)C(F)(F)F)cc5)cc3)C4=O)(C(F)(F)F)C(F)(F)F)cc2C1=O. The number of carbonyl (C=O) groups is 6. The van der Waals surface area contributed by atoms with Crippen LogP contribution in [0.5, 0.6) is 23.0 Å². The first-order valence-corrected chi connectivity index (χ1v) is 34.3. The minimum Gasteiger partial charge on any atom is -0.457 e. The van der Waals surface area contributed by atoms with E-state index < -0.39 is 116 Å². The molecular formula is C78H80F12N2O8. The van der Waals surface area contributed by atoms with Crippen molar-refractivity contribution in [1.29, 1.82) is 0 Å². The molecule has 0 saturated heterocycles. The lowest BCUT2D eigenvalue weighted by Gasteiger charge is -2.38. The largest absolute Gasteiger partial charge is 0.457 e. The van der Waals surface area contributed by atoms with Crippen LogP contribution in [0.2, 0.25) is 0 Å². The highest BCUT2D eigenvalue weighted by molar-refractivity contribution is 6.34. The number of rotatable bonds is 34. The van der Waals surface area contributed by atoms with Crippen molar-refractivity contribution in [1.82, 2.24) is 0 Å². The van der Waals surface area contributed by atoms with Gasteiger partial charge in [0.15, 0.2) is 11.6 Å². The van der Waals surface area contributed by atoms with E-state index >= 15 is 52.7 Å². The zero-order chi connectivity index (χ0) is 72.4. The van der Waals surface area contributed by atoms with E-state index in [4.69, 9.17) is 9.47 Å². The Kier molecular flexibility index (Phi) is 24.2. The number of anilines is 2. The quantitative estimate of drug-likeness (QED) is 0.0169. The third-order valence-corrected chi connectivity index (χ3v) is 19.8. The molecule has 3 aliphatic rings. The highest BCUT2D eigenvalue weighted by Gasteiger charge is 2.74. The van der Waals surface area contributed by atoms with Crippen LogP contribution in [0.15, 0.2) is 146 Å². The van der Waals surface area contributed by atoms with Gasteiger partial charge in [-0.25, -0.2) is 9.80 Å². The molecule has 3 unspecified atom stereocenters. The summed E-state index contributed by atoms with van der Waals surface area (Å²) in [5.41, 5.74) is -17.4. The van der Waals surface area contributed by atoms with Gasteiger partial charge in [-0.2, -0.15) is 52.7 Å². The summed E-state index contributed by atoms with van der Waals surface area (Å²) in [6.45, 7) is 7.04. The Morgan fingerprint density at radius 2 is 0.660 bits per heavy atom. The van der Waals surface area contributed by atoms with E-state index in [1.54, 1.807) is 0 Å². The molecule has 0 spiro atoms. The lowest BCUT2D eigenvalue weighted by molar-refractivity contribution is -0.290. The number of alkyl halides is 12. The summed E-state index contributed by atoms with van der Waals surface area (Å²) in [6.07, 6.45) is 1.94. The maximum absolute atomic E-state index is 15.6. The van der Waals surface area contributed by atoms with Crippen LogP contribution in [0.1, 0.15) is 226 Å². The van der Waals surface area contributed by atoms with E-state index in [0.717, 1.165) is 116 Å². The summed E-state index contributed by atoms with van der Waals surface area (Å²) in [6, 6.07) is 18.5. The Hall–Kier alpha value is -8.56. The summed E-state index contributed by atoms with van der Waals surface area (Å²) in [4.78, 5) is 80.6. The Balaban J connectivity index is 0.785. The number of ether oxygens (including phenoxy) is 2. The highest BCUT2D eigenvalue weighted by atomic mass is 19.4. The average molecular weight is 1400 g/mol. The highest BCUT2D eigenvalue weighted by Crippen LogP contribution is 2.59. The fourth-order valence-electron chi connectivity index (χ4n) is 14.0. The second-order valence-corrected chi connectivity index (χ2v) is 26.5. The first-order valence-electron chi connectivity index (χ1n) is 34.3. The third-order valence-electron chi connectivity index (χ3n) is 19.8. The van der Waals surface area contributed by atoms with E-state index in [2.05, 4.69) is 20.8 Å². The molecule has 9 rings (SSSR count). The molecule has 4 amide bonds. The molecule has 3 atom stereocenters. The fraction of sp³-hybridized carbons (Fsp3) is 0.436. The molecular weight excluding hydrogens is 1320 g/mol. The van der Waals surface area contributed by atoms with Gasteiger partial charge < -0.3 is 9.47 Å². The molecule has 0 saturated carbocycles. The maximum Gasteiger partial charge on any atom is 0.411 e. The molecule has 10 nitrogen and oxygen atoms in total. The minimum absolute atomic E-state index is 0.0556. The summed E-state index contributed by atoms with van der Waals surface area (Å²) in [5, 5.41) is 0. The smallest absolute Gasteiger partial charge is 0.411 e. The molecule has 2 aliphatic heterocycles. The molecule has 2 heterocycles. The van der Waals surface area contributed by atoms with Crippen molar-refractivity contribution in [2.24, 2.45) is 17.8 Å². The van der Waals surface area contributed by atoms with E-state index in [9.17, 15) is 28.8 Å². The van der Waals surface area contributed by atoms with Crippen LogP contribution < -0.4 is 19.3 Å². The first-order chi connectivity index (χ1) is 47.5. The van der Waals surface area contributed by atoms with Crippen molar-refractivity contribution in [3.8, 4) is 23.0 Å². The van der Waals surface area contributed by atoms with Gasteiger partial charge in [-0.3, -0.25) is 28.8 Å². The summed E-state index contributed by atoms with van der Waals surface area (Å²) in [7, 11) is 0. The van der Waals surface area contributed by atoms with Gasteiger partial charge in [0.2, 0.25) is 10.8 Å². The zero-order valence-corrected chi connectivity index (χ0v) is 55.8. The molecule has 534 valence electrons. The van der Waals surface area contributed by atoms with E-state index in [1.165, 1.54) is 114 Å². The predicted molar refractivity (Wildman–Crippen MR) is 355 cm³/mol. The van der Waals surface area contributed by atoms with Crippen molar-refractivity contribution in [2.45, 2.75) is 198 Å². The van der Waals surface area contributed by atoms with Gasteiger partial charge >= 0.3 is 24.7 Å². The van der Waals surface area contributed by atoms with E-state index in [1.807, 2.05) is 0 Å². The number of nitrogens with zero attached hydrogens (tertiary/aromatic N) is 2. The molecule has 0 fully saturated rings. The van der Waals surface area contributed by atoms with E-state index in [-0.39, 0.29) is 46.4 Å². The second kappa shape index (κ2) is 32.0. The van der Waals surface area contributed by atoms with Crippen LogP contribution in [0, 0.1) is 17.8 Å². The number of benzene rings is 6. The number of hydrogen-bond donors (Lipinski definition) is 0. The number of amides is 4. The van der Waals surface area contributed by atoms with Crippen LogP contribution in [-0.4, -0.2) is 59.9 Å². The number of unbranched alkanes of at least 4 members (excludes halogenated alkanes) is 17. The van der Waals surface area contributed by atoms with Crippen molar-refractivity contribution in [2.75, 3.05) is 9.80 Å². The maximum atomic E-state index is 15.6. The van der Waals surface area contributed by atoms with Gasteiger partial charge in [0.1, 0.15) is 23.0 Å². The van der Waals surface area contributed by atoms with Crippen molar-refractivity contribution in [3.05, 3.63) is 190 Å². The number of carbonyl (C=O) groups excluding carboxylic acids is 6. The first kappa shape index (κ1) is 75.6. The van der Waals surface area contributed by atoms with Gasteiger partial charge in [0.05, 0.1) is 28.4 Å². The summed E-state index contributed by atoms with van der Waals surface area (Å²) >= 11 is 0. The number of halogens is 12. The van der Waals surface area contributed by atoms with Crippen LogP contribution in [0.3, 0.4) is 0 Å². The standard InChI is InChI=1S/C78H80F12N2O8/c1-4-5-6-7-17-20-23-50(2)51(3)24-21-18-15-13-11-9-8-10-12-14-16-19-22-25-64-69(95)62-44-30-54(48-65(62)70(64)96)74(77(85,86)87,78(88,89)90)55-31-45-63-66(49-55)72(98)92(71(63)97)57-34-42-61(43-35-57)100-59-38-28-53(29-39-59)73(75(79,80)81,76(82,83)84)52-26-36-58(37-27-52)99-60-40-32-56(33-41-60)91-67(93)46-47-68(91)94/h26-51,64H,4-25H2,1-3H3. The molecule has 0 N–H and O–H groups in total. The number of fused-ring (bicyclic) bond motifs is 2. The molecule has 0 bridgehead atoms. The van der Waals surface area contributed by atoms with Gasteiger partial charge in [0.25, 0.3) is 23.6 Å². The Morgan fingerprint density at radius 3 is 1.06 bits per heavy atom. The lowest BCUT2D eigenvalue weighted by atomic mass is 9.71. The summed E-state index contributed by atoms with van der Waals surface area (Å²) in [5.74, 6) is -5.61. The number of ketones is 2. The number of hydrogen-bond acceptors (Lipinski definition) is 8. The average Bonchev–Trinajstić information content (AvgIpc) is 1.05. The fourth-order valence-corrected chi connectivity index (χ4v) is 14.0. The molecule has 6 aromatic rings. The van der Waals surface area contributed by atoms with Gasteiger partial charge in [-0.15, -0.1) is 0 Å². The zero-order valence-electron chi connectivity index (χ0n) is 55.8. The topological polar surface area (TPSA) is 127 Å². The van der Waals surface area contributed by atoms with Crippen molar-refractivity contribution < 1.29 is 90.9 Å². The van der Waals surface area contributed by atoms with Crippen LogP contribution in [-0.2, 0) is 20.4 Å². The lowest BCUT2D eigenvalue weighted by Crippen LogP contribution is -2.55. The van der Waals surface area contributed by atoms with Crippen molar-refractivity contribution >= 4 is 46.6 Å². The van der Waals surface area contributed by atoms with Crippen molar-refractivity contribution in [3.63, 3.8) is 0 Å². The Bertz CT molecular complexity index is 3850. The number of imide groups is 2. The molecule has 0 radical (unpaired) electrons.